The maximum absolute atomic E-state index is 13.4. The SMILES string of the molecule is CC(F)C(F)(F)C(F)(F)C(F)(F)C(F)(F)C(F)(F)C(F)(F)C(F)(F)C(F)(F)C(F)(F)S(=O)(=O)O.N. The predicted octanol–water partition coefficient (Wildman–Crippen LogP) is 6.07. The quantitative estimate of drug-likeness (QED) is 0.237. The minimum Gasteiger partial charge on any atom is -0.344 e. The summed E-state index contributed by atoms with van der Waals surface area (Å²) in [4.78, 5) is 0. The highest BCUT2D eigenvalue weighted by molar-refractivity contribution is 7.87. The maximum atomic E-state index is 13.4. The summed E-state index contributed by atoms with van der Waals surface area (Å²) in [6, 6.07) is 0. The van der Waals surface area contributed by atoms with E-state index in [1.807, 2.05) is 0 Å². The Morgan fingerprint density at radius 1 is 0.514 bits per heavy atom. The van der Waals surface area contributed by atoms with E-state index in [0.29, 0.717) is 0 Å². The summed E-state index contributed by atoms with van der Waals surface area (Å²) in [5, 5.41) is -7.96. The molecule has 0 aliphatic heterocycles. The zero-order valence-corrected chi connectivity index (χ0v) is 16.5. The molecular formula is C11H8F19NO3S. The molecule has 0 heterocycles. The van der Waals surface area contributed by atoms with Crippen molar-refractivity contribution < 1.29 is 96.4 Å². The molecule has 0 aliphatic carbocycles. The van der Waals surface area contributed by atoms with Gasteiger partial charge in [0, 0.05) is 0 Å². The van der Waals surface area contributed by atoms with E-state index < -0.39 is 75.8 Å². The van der Waals surface area contributed by atoms with Gasteiger partial charge >= 0.3 is 62.8 Å². The van der Waals surface area contributed by atoms with Gasteiger partial charge in [-0.2, -0.15) is 87.4 Å². The van der Waals surface area contributed by atoms with Crippen molar-refractivity contribution >= 4 is 10.1 Å². The Kier molecular flexibility index (Phi) is 8.72. The van der Waals surface area contributed by atoms with E-state index in [4.69, 9.17) is 4.55 Å². The van der Waals surface area contributed by atoms with Gasteiger partial charge in [0.1, 0.15) is 0 Å². The lowest BCUT2D eigenvalue weighted by atomic mass is 9.87. The molecule has 4 nitrogen and oxygen atoms in total. The highest BCUT2D eigenvalue weighted by Gasteiger charge is 2.97. The summed E-state index contributed by atoms with van der Waals surface area (Å²) in [7, 11) is -8.00. The smallest absolute Gasteiger partial charge is 0.344 e. The highest BCUT2D eigenvalue weighted by Crippen LogP contribution is 2.65. The molecule has 0 aliphatic rings. The molecule has 0 aromatic rings. The van der Waals surface area contributed by atoms with Gasteiger partial charge in [-0.15, -0.1) is 0 Å². The van der Waals surface area contributed by atoms with Crippen molar-refractivity contribution in [1.82, 2.24) is 6.15 Å². The Hall–Kier alpha value is -1.46. The van der Waals surface area contributed by atoms with Crippen LogP contribution in [0.4, 0.5) is 83.4 Å². The first-order valence-electron chi connectivity index (χ1n) is 7.21. The lowest BCUT2D eigenvalue weighted by Gasteiger charge is -2.44. The van der Waals surface area contributed by atoms with Gasteiger partial charge in [0.25, 0.3) is 0 Å². The Labute approximate surface area is 179 Å². The van der Waals surface area contributed by atoms with Crippen LogP contribution in [0.1, 0.15) is 6.92 Å². The van der Waals surface area contributed by atoms with E-state index in [2.05, 4.69) is 0 Å². The van der Waals surface area contributed by atoms with Crippen LogP contribution in [-0.4, -0.2) is 71.8 Å². The van der Waals surface area contributed by atoms with Crippen LogP contribution in [-0.2, 0) is 10.1 Å². The van der Waals surface area contributed by atoms with Gasteiger partial charge < -0.3 is 6.15 Å². The molecular weight excluding hydrogens is 587 g/mol. The third-order valence-electron chi connectivity index (χ3n) is 3.97. The predicted molar refractivity (Wildman–Crippen MR) is 71.7 cm³/mol. The third kappa shape index (κ3) is 4.15. The topological polar surface area (TPSA) is 89.4 Å². The molecule has 0 fully saturated rings. The average Bonchev–Trinajstić information content (AvgIpc) is 2.58. The molecule has 0 aromatic carbocycles. The van der Waals surface area contributed by atoms with Crippen LogP contribution in [0.25, 0.3) is 0 Å². The summed E-state index contributed by atoms with van der Waals surface area (Å²) in [6.07, 6.45) is -4.67. The molecule has 0 spiro atoms. The van der Waals surface area contributed by atoms with E-state index in [-0.39, 0.29) is 6.15 Å². The molecule has 0 aromatic heterocycles. The van der Waals surface area contributed by atoms with Crippen molar-refractivity contribution in [2.24, 2.45) is 0 Å². The molecule has 0 radical (unpaired) electrons. The third-order valence-corrected chi connectivity index (χ3v) is 4.88. The van der Waals surface area contributed by atoms with Crippen LogP contribution in [0.2, 0.25) is 0 Å². The molecule has 0 saturated carbocycles. The molecule has 0 bridgehead atoms. The summed E-state index contributed by atoms with van der Waals surface area (Å²) in [6.45, 7) is -0.791. The summed E-state index contributed by atoms with van der Waals surface area (Å²) in [5.74, 6) is -68.8. The number of hydrogen-bond acceptors (Lipinski definition) is 3. The summed E-state index contributed by atoms with van der Waals surface area (Å²) >= 11 is 0. The Morgan fingerprint density at radius 3 is 0.914 bits per heavy atom. The minimum atomic E-state index is -9.12. The van der Waals surface area contributed by atoms with Crippen molar-refractivity contribution in [1.29, 1.82) is 0 Å². The second kappa shape index (κ2) is 8.55. The second-order valence-electron chi connectivity index (χ2n) is 6.25. The Morgan fingerprint density at radius 2 is 0.714 bits per heavy atom. The maximum Gasteiger partial charge on any atom is 0.438 e. The van der Waals surface area contributed by atoms with Crippen molar-refractivity contribution in [3.8, 4) is 0 Å². The molecule has 1 atom stereocenters. The second-order valence-corrected chi connectivity index (χ2v) is 7.71. The molecule has 0 saturated heterocycles. The fourth-order valence-corrected chi connectivity index (χ4v) is 2.24. The van der Waals surface area contributed by atoms with Crippen LogP contribution in [0.5, 0.6) is 0 Å². The van der Waals surface area contributed by atoms with E-state index >= 15 is 0 Å². The minimum absolute atomic E-state index is 0. The van der Waals surface area contributed by atoms with Crippen molar-refractivity contribution in [2.75, 3.05) is 0 Å². The van der Waals surface area contributed by atoms with Crippen LogP contribution in [0, 0.1) is 0 Å². The van der Waals surface area contributed by atoms with Gasteiger partial charge in [0.2, 0.25) is 0 Å². The van der Waals surface area contributed by atoms with Crippen molar-refractivity contribution in [2.45, 2.75) is 65.7 Å². The van der Waals surface area contributed by atoms with E-state index in [1.54, 1.807) is 0 Å². The Bertz CT molecular complexity index is 880. The van der Waals surface area contributed by atoms with E-state index in [0.717, 1.165) is 0 Å². The standard InChI is InChI=1S/C11H5F19O3S.H3N/c1-2(12)3(13,14)4(15,16)5(17,18)6(19,20)7(21,22)8(23,24)9(25,26)10(27,28)11(29,30)34(31,32)33;/h2H,1H3,(H,31,32,33);1H3. The zero-order valence-electron chi connectivity index (χ0n) is 15.6. The normalized spacial score (nSPS) is 17.2. The zero-order chi connectivity index (χ0) is 28.6. The van der Waals surface area contributed by atoms with Gasteiger partial charge in [-0.1, -0.05) is 0 Å². The molecule has 24 heteroatoms. The van der Waals surface area contributed by atoms with Gasteiger partial charge in [-0.3, -0.25) is 4.55 Å². The number of halogens is 19. The van der Waals surface area contributed by atoms with Crippen LogP contribution in [0.3, 0.4) is 0 Å². The van der Waals surface area contributed by atoms with Crippen molar-refractivity contribution in [3.05, 3.63) is 0 Å². The van der Waals surface area contributed by atoms with Crippen LogP contribution < -0.4 is 6.15 Å². The summed E-state index contributed by atoms with van der Waals surface area (Å²) < 4.78 is 278. The lowest BCUT2D eigenvalue weighted by Crippen LogP contribution is -2.76. The number of hydrogen-bond donors (Lipinski definition) is 2. The monoisotopic (exact) mass is 595 g/mol. The lowest BCUT2D eigenvalue weighted by molar-refractivity contribution is -0.460. The molecule has 4 N–H and O–H groups in total. The van der Waals surface area contributed by atoms with E-state index in [1.165, 1.54) is 0 Å². The molecule has 35 heavy (non-hydrogen) atoms. The molecule has 0 amide bonds. The fourth-order valence-electron chi connectivity index (χ4n) is 1.79. The van der Waals surface area contributed by atoms with Gasteiger partial charge in [-0.25, -0.2) is 4.39 Å². The van der Waals surface area contributed by atoms with Gasteiger partial charge in [-0.05, 0) is 6.92 Å². The molecule has 214 valence electrons. The molecule has 1 unspecified atom stereocenters. The summed E-state index contributed by atoms with van der Waals surface area (Å²) in [5.41, 5.74) is 0. The average molecular weight is 595 g/mol. The first-order valence-corrected chi connectivity index (χ1v) is 8.65. The highest BCUT2D eigenvalue weighted by atomic mass is 32.2. The van der Waals surface area contributed by atoms with E-state index in [9.17, 15) is 91.8 Å². The van der Waals surface area contributed by atoms with Gasteiger partial charge in [0.15, 0.2) is 6.17 Å². The first-order chi connectivity index (χ1) is 14.2. The first kappa shape index (κ1) is 35.7. The molecule has 0 rings (SSSR count). The van der Waals surface area contributed by atoms with Crippen molar-refractivity contribution in [3.63, 3.8) is 0 Å². The number of alkyl halides is 19. The van der Waals surface area contributed by atoms with Crippen LogP contribution in [0.15, 0.2) is 0 Å². The number of rotatable bonds is 10. The fraction of sp³-hybridized carbons (Fsp3) is 1.00. The van der Waals surface area contributed by atoms with Gasteiger partial charge in [0.05, 0.1) is 0 Å². The largest absolute Gasteiger partial charge is 0.438 e. The van der Waals surface area contributed by atoms with Crippen LogP contribution >= 0.6 is 0 Å². The Balaban J connectivity index is 0.